The summed E-state index contributed by atoms with van der Waals surface area (Å²) in [6.07, 6.45) is 1.00. The number of hydrogen-bond acceptors (Lipinski definition) is 5. The molecular formula is C9H13N3O4S. The average Bonchev–Trinajstić information content (AvgIpc) is 2.56. The van der Waals surface area contributed by atoms with Crippen LogP contribution in [-0.4, -0.2) is 23.1 Å². The second kappa shape index (κ2) is 4.66. The summed E-state index contributed by atoms with van der Waals surface area (Å²) in [6, 6.07) is 0. The van der Waals surface area contributed by atoms with E-state index in [4.69, 9.17) is 0 Å². The number of aromatic nitrogens is 2. The van der Waals surface area contributed by atoms with Gasteiger partial charge in [-0.15, -0.1) is 0 Å². The van der Waals surface area contributed by atoms with E-state index in [1.54, 1.807) is 0 Å². The van der Waals surface area contributed by atoms with E-state index in [1.165, 1.54) is 7.05 Å². The van der Waals surface area contributed by atoms with Crippen LogP contribution in [0.5, 0.6) is 0 Å². The third-order valence-corrected chi connectivity index (χ3v) is 3.63. The zero-order chi connectivity index (χ0) is 13.2. The van der Waals surface area contributed by atoms with Crippen molar-refractivity contribution in [3.05, 3.63) is 27.8 Å². The first kappa shape index (κ1) is 13.4. The summed E-state index contributed by atoms with van der Waals surface area (Å²) < 4.78 is 24.4. The van der Waals surface area contributed by atoms with E-state index >= 15 is 0 Å². The highest BCUT2D eigenvalue weighted by Crippen LogP contribution is 2.29. The molecule has 0 aromatic carbocycles. The second-order valence-corrected chi connectivity index (χ2v) is 5.25. The Bertz CT molecular complexity index is 559. The van der Waals surface area contributed by atoms with Crippen LogP contribution in [0.15, 0.2) is 17.0 Å². The van der Waals surface area contributed by atoms with Crippen molar-refractivity contribution in [3.8, 4) is 0 Å². The molecule has 0 aliphatic carbocycles. The van der Waals surface area contributed by atoms with Crippen LogP contribution in [0.2, 0.25) is 0 Å². The maximum Gasteiger partial charge on any atom is 0.329 e. The molecule has 1 rings (SSSR count). The summed E-state index contributed by atoms with van der Waals surface area (Å²) in [7, 11) is -2.52. The smallest absolute Gasteiger partial charge is 0.258 e. The quantitative estimate of drug-likeness (QED) is 0.584. The highest BCUT2D eigenvalue weighted by molar-refractivity contribution is 7.94. The fourth-order valence-electron chi connectivity index (χ4n) is 1.54. The topological polar surface area (TPSA) is 95.1 Å². The van der Waals surface area contributed by atoms with Gasteiger partial charge in [0.1, 0.15) is 5.69 Å². The molecule has 0 bridgehead atoms. The summed E-state index contributed by atoms with van der Waals surface area (Å²) in [5.41, 5.74) is -0.269. The van der Waals surface area contributed by atoms with Crippen LogP contribution >= 0.6 is 0 Å². The van der Waals surface area contributed by atoms with Crippen molar-refractivity contribution >= 4 is 15.5 Å². The molecule has 0 fully saturated rings. The van der Waals surface area contributed by atoms with E-state index in [-0.39, 0.29) is 5.69 Å². The van der Waals surface area contributed by atoms with Crippen LogP contribution in [0.25, 0.3) is 0 Å². The Morgan fingerprint density at radius 3 is 2.59 bits per heavy atom. The normalized spacial score (nSPS) is 11.4. The van der Waals surface area contributed by atoms with Gasteiger partial charge in [-0.05, 0) is 6.42 Å². The van der Waals surface area contributed by atoms with E-state index in [0.717, 1.165) is 4.68 Å². The first-order valence-corrected chi connectivity index (χ1v) is 6.47. The van der Waals surface area contributed by atoms with Gasteiger partial charge in [0.25, 0.3) is 0 Å². The van der Waals surface area contributed by atoms with E-state index in [2.05, 4.69) is 11.7 Å². The standard InChI is InChI=1S/C9H13N3O4S/c1-4-6-7-8(12(13)14)9(11(3)10-7)17(15,16)5-2/h5H,2,4,6H2,1,3H3. The minimum Gasteiger partial charge on any atom is -0.258 e. The number of rotatable bonds is 5. The fraction of sp³-hybridized carbons (Fsp3) is 0.444. The van der Waals surface area contributed by atoms with Crippen molar-refractivity contribution in [2.75, 3.05) is 0 Å². The minimum absolute atomic E-state index is 0.181. The van der Waals surface area contributed by atoms with Gasteiger partial charge in [0, 0.05) is 12.5 Å². The fourth-order valence-corrected chi connectivity index (χ4v) is 2.57. The molecule has 0 N–H and O–H groups in total. The predicted octanol–water partition coefficient (Wildman–Crippen LogP) is 1.20. The van der Waals surface area contributed by atoms with Crippen LogP contribution in [0.4, 0.5) is 5.69 Å². The summed E-state index contributed by atoms with van der Waals surface area (Å²) in [5.74, 6) is 0. The van der Waals surface area contributed by atoms with Gasteiger partial charge < -0.3 is 0 Å². The Morgan fingerprint density at radius 2 is 2.18 bits per heavy atom. The number of nitrogens with zero attached hydrogens (tertiary/aromatic N) is 3. The van der Waals surface area contributed by atoms with Gasteiger partial charge in [0.15, 0.2) is 0 Å². The Hall–Kier alpha value is -1.70. The van der Waals surface area contributed by atoms with Crippen molar-refractivity contribution in [2.24, 2.45) is 7.05 Å². The van der Waals surface area contributed by atoms with Gasteiger partial charge in [-0.2, -0.15) is 5.10 Å². The maximum absolute atomic E-state index is 11.7. The molecule has 17 heavy (non-hydrogen) atoms. The molecule has 8 heteroatoms. The lowest BCUT2D eigenvalue weighted by Crippen LogP contribution is -2.06. The SMILES string of the molecule is C=CS(=O)(=O)c1c([N+](=O)[O-])c(CCC)nn1C. The van der Waals surface area contributed by atoms with E-state index in [9.17, 15) is 18.5 Å². The van der Waals surface area contributed by atoms with Gasteiger partial charge in [-0.3, -0.25) is 14.8 Å². The Kier molecular flexibility index (Phi) is 3.66. The zero-order valence-electron chi connectivity index (χ0n) is 9.58. The molecule has 0 aliphatic heterocycles. The van der Waals surface area contributed by atoms with E-state index < -0.39 is 25.5 Å². The Labute approximate surface area is 98.8 Å². The highest BCUT2D eigenvalue weighted by Gasteiger charge is 2.33. The van der Waals surface area contributed by atoms with Crippen LogP contribution in [0, 0.1) is 10.1 Å². The highest BCUT2D eigenvalue weighted by atomic mass is 32.2. The van der Waals surface area contributed by atoms with Gasteiger partial charge in [0.05, 0.1) is 4.92 Å². The second-order valence-electron chi connectivity index (χ2n) is 3.44. The first-order chi connectivity index (χ1) is 7.85. The number of hydrogen-bond donors (Lipinski definition) is 0. The van der Waals surface area contributed by atoms with Crippen molar-refractivity contribution in [3.63, 3.8) is 0 Å². The van der Waals surface area contributed by atoms with Gasteiger partial charge >= 0.3 is 5.69 Å². The molecule has 94 valence electrons. The lowest BCUT2D eigenvalue weighted by atomic mass is 10.2. The van der Waals surface area contributed by atoms with Crippen molar-refractivity contribution in [1.82, 2.24) is 9.78 Å². The minimum atomic E-state index is -3.88. The van der Waals surface area contributed by atoms with Crippen LogP contribution < -0.4 is 0 Å². The molecule has 0 atom stereocenters. The third kappa shape index (κ3) is 2.36. The van der Waals surface area contributed by atoms with E-state index in [0.29, 0.717) is 18.2 Å². The molecule has 0 saturated heterocycles. The molecule has 0 radical (unpaired) electrons. The predicted molar refractivity (Wildman–Crippen MR) is 61.2 cm³/mol. The van der Waals surface area contributed by atoms with Crippen LogP contribution in [0.1, 0.15) is 19.0 Å². The van der Waals surface area contributed by atoms with Gasteiger partial charge in [-0.25, -0.2) is 8.42 Å². The summed E-state index contributed by atoms with van der Waals surface area (Å²) in [6.45, 7) is 4.99. The maximum atomic E-state index is 11.7. The molecular weight excluding hydrogens is 246 g/mol. The van der Waals surface area contributed by atoms with Crippen molar-refractivity contribution in [2.45, 2.75) is 24.8 Å². The third-order valence-electron chi connectivity index (χ3n) is 2.20. The van der Waals surface area contributed by atoms with Crippen molar-refractivity contribution < 1.29 is 13.3 Å². The monoisotopic (exact) mass is 259 g/mol. The van der Waals surface area contributed by atoms with Crippen molar-refractivity contribution in [1.29, 1.82) is 0 Å². The number of nitro groups is 1. The molecule has 0 unspecified atom stereocenters. The largest absolute Gasteiger partial charge is 0.329 e. The molecule has 1 aromatic heterocycles. The summed E-state index contributed by atoms with van der Waals surface area (Å²) in [4.78, 5) is 10.2. The molecule has 0 saturated carbocycles. The van der Waals surface area contributed by atoms with Crippen LogP contribution in [0.3, 0.4) is 0 Å². The summed E-state index contributed by atoms with van der Waals surface area (Å²) in [5, 5.41) is 15.1. The Morgan fingerprint density at radius 1 is 1.59 bits per heavy atom. The average molecular weight is 259 g/mol. The Balaban J connectivity index is 3.60. The lowest BCUT2D eigenvalue weighted by Gasteiger charge is -1.98. The van der Waals surface area contributed by atoms with Crippen LogP contribution in [-0.2, 0) is 23.3 Å². The van der Waals surface area contributed by atoms with Gasteiger partial charge in [0.2, 0.25) is 14.9 Å². The zero-order valence-corrected chi connectivity index (χ0v) is 10.4. The first-order valence-electron chi connectivity index (χ1n) is 4.93. The lowest BCUT2D eigenvalue weighted by molar-refractivity contribution is -0.388. The molecule has 1 heterocycles. The molecule has 7 nitrogen and oxygen atoms in total. The summed E-state index contributed by atoms with van der Waals surface area (Å²) >= 11 is 0. The number of sulfone groups is 1. The molecule has 0 aliphatic rings. The molecule has 1 aromatic rings. The molecule has 0 amide bonds. The van der Waals surface area contributed by atoms with Gasteiger partial charge in [-0.1, -0.05) is 19.9 Å². The molecule has 0 spiro atoms. The van der Waals surface area contributed by atoms with E-state index in [1.807, 2.05) is 6.92 Å². The number of aryl methyl sites for hydroxylation is 2.